The van der Waals surface area contributed by atoms with Gasteiger partial charge < -0.3 is 9.80 Å². The van der Waals surface area contributed by atoms with Gasteiger partial charge in [-0.25, -0.2) is 4.98 Å². The van der Waals surface area contributed by atoms with Gasteiger partial charge in [0.05, 0.1) is 0 Å². The molecule has 0 spiro atoms. The SMILES string of the molecule is CC(=O)C/C=C/c1nc2ccccn2c1N1CCN(C)CC1. The fraction of sp³-hybridized carbons (Fsp3) is 0.412. The quantitative estimate of drug-likeness (QED) is 0.866. The zero-order chi connectivity index (χ0) is 15.5. The van der Waals surface area contributed by atoms with Crippen LogP contribution >= 0.6 is 0 Å². The molecule has 0 bridgehead atoms. The summed E-state index contributed by atoms with van der Waals surface area (Å²) in [4.78, 5) is 20.6. The van der Waals surface area contributed by atoms with E-state index in [2.05, 4.69) is 27.4 Å². The Morgan fingerprint density at radius 2 is 2.05 bits per heavy atom. The molecule has 0 aromatic carbocycles. The minimum absolute atomic E-state index is 0.168. The molecular weight excluding hydrogens is 276 g/mol. The molecule has 5 nitrogen and oxygen atoms in total. The maximum atomic E-state index is 11.1. The number of carbonyl (C=O) groups is 1. The van der Waals surface area contributed by atoms with Gasteiger partial charge in [0.15, 0.2) is 0 Å². The first-order valence-electron chi connectivity index (χ1n) is 7.71. The molecule has 3 rings (SSSR count). The summed E-state index contributed by atoms with van der Waals surface area (Å²) >= 11 is 0. The van der Waals surface area contributed by atoms with E-state index in [-0.39, 0.29) is 5.78 Å². The maximum absolute atomic E-state index is 11.1. The highest BCUT2D eigenvalue weighted by Crippen LogP contribution is 2.25. The van der Waals surface area contributed by atoms with Crippen molar-refractivity contribution in [1.29, 1.82) is 0 Å². The number of rotatable bonds is 4. The van der Waals surface area contributed by atoms with E-state index in [4.69, 9.17) is 4.98 Å². The molecule has 22 heavy (non-hydrogen) atoms. The number of aromatic nitrogens is 2. The first kappa shape index (κ1) is 14.8. The smallest absolute Gasteiger partial charge is 0.140 e. The number of imidazole rings is 1. The Bertz CT molecular complexity index is 696. The van der Waals surface area contributed by atoms with Gasteiger partial charge in [0.25, 0.3) is 0 Å². The van der Waals surface area contributed by atoms with Gasteiger partial charge in [-0.3, -0.25) is 9.20 Å². The lowest BCUT2D eigenvalue weighted by Gasteiger charge is -2.33. The molecular formula is C17H22N4O. The Morgan fingerprint density at radius 1 is 1.27 bits per heavy atom. The van der Waals surface area contributed by atoms with Crippen molar-refractivity contribution in [2.45, 2.75) is 13.3 Å². The number of fused-ring (bicyclic) bond motifs is 1. The molecule has 3 heterocycles. The van der Waals surface area contributed by atoms with Gasteiger partial charge in [-0.2, -0.15) is 0 Å². The second-order valence-corrected chi connectivity index (χ2v) is 5.85. The van der Waals surface area contributed by atoms with Crippen molar-refractivity contribution in [2.24, 2.45) is 0 Å². The summed E-state index contributed by atoms with van der Waals surface area (Å²) in [7, 11) is 2.15. The zero-order valence-electron chi connectivity index (χ0n) is 13.2. The van der Waals surface area contributed by atoms with Crippen molar-refractivity contribution in [3.8, 4) is 0 Å². The monoisotopic (exact) mass is 298 g/mol. The predicted octanol–water partition coefficient (Wildman–Crippen LogP) is 2.08. The molecule has 1 aliphatic rings. The number of Topliss-reactive ketones (excluding diaryl/α,β-unsaturated/α-hetero) is 1. The van der Waals surface area contributed by atoms with Crippen molar-refractivity contribution in [3.63, 3.8) is 0 Å². The lowest BCUT2D eigenvalue weighted by atomic mass is 10.2. The maximum Gasteiger partial charge on any atom is 0.140 e. The molecule has 2 aromatic rings. The molecule has 0 unspecified atom stereocenters. The third-order valence-corrected chi connectivity index (χ3v) is 4.01. The normalized spacial score (nSPS) is 16.7. The number of nitrogens with zero attached hydrogens (tertiary/aromatic N) is 4. The fourth-order valence-electron chi connectivity index (χ4n) is 2.78. The number of piperazine rings is 1. The van der Waals surface area contributed by atoms with Gasteiger partial charge in [0, 0.05) is 38.8 Å². The van der Waals surface area contributed by atoms with Gasteiger partial charge in [0.1, 0.15) is 22.9 Å². The van der Waals surface area contributed by atoms with Crippen molar-refractivity contribution >= 4 is 23.3 Å². The first-order valence-corrected chi connectivity index (χ1v) is 7.71. The molecule has 1 fully saturated rings. The van der Waals surface area contributed by atoms with Crippen molar-refractivity contribution < 1.29 is 4.79 Å². The predicted molar refractivity (Wildman–Crippen MR) is 89.2 cm³/mol. The highest BCUT2D eigenvalue weighted by Gasteiger charge is 2.20. The molecule has 1 saturated heterocycles. The standard InChI is InChI=1S/C17H22N4O/c1-14(22)6-5-7-15-17(20-12-10-19(2)11-13-20)21-9-4-3-8-16(21)18-15/h3-5,7-9H,6,10-13H2,1-2H3/b7-5+. The lowest BCUT2D eigenvalue weighted by Crippen LogP contribution is -2.45. The van der Waals surface area contributed by atoms with Crippen LogP contribution in [-0.4, -0.2) is 53.3 Å². The number of anilines is 1. The molecule has 0 radical (unpaired) electrons. The van der Waals surface area contributed by atoms with E-state index >= 15 is 0 Å². The zero-order valence-corrected chi connectivity index (χ0v) is 13.2. The second kappa shape index (κ2) is 6.32. The molecule has 0 aliphatic carbocycles. The number of carbonyl (C=O) groups excluding carboxylic acids is 1. The van der Waals surface area contributed by atoms with Crippen LogP contribution < -0.4 is 4.90 Å². The van der Waals surface area contributed by atoms with Gasteiger partial charge in [0.2, 0.25) is 0 Å². The fourth-order valence-corrected chi connectivity index (χ4v) is 2.78. The van der Waals surface area contributed by atoms with Crippen LogP contribution in [0.2, 0.25) is 0 Å². The van der Waals surface area contributed by atoms with Crippen LogP contribution in [0.5, 0.6) is 0 Å². The number of ketones is 1. The Hall–Kier alpha value is -2.14. The molecule has 0 N–H and O–H groups in total. The van der Waals surface area contributed by atoms with Crippen LogP contribution in [0.25, 0.3) is 11.7 Å². The third-order valence-electron chi connectivity index (χ3n) is 4.01. The number of hydrogen-bond donors (Lipinski definition) is 0. The van der Waals surface area contributed by atoms with E-state index in [1.807, 2.05) is 30.4 Å². The molecule has 2 aromatic heterocycles. The van der Waals surface area contributed by atoms with E-state index in [0.29, 0.717) is 6.42 Å². The second-order valence-electron chi connectivity index (χ2n) is 5.85. The van der Waals surface area contributed by atoms with E-state index in [1.54, 1.807) is 6.92 Å². The molecule has 116 valence electrons. The van der Waals surface area contributed by atoms with Crippen LogP contribution in [-0.2, 0) is 4.79 Å². The minimum atomic E-state index is 0.168. The van der Waals surface area contributed by atoms with Crippen LogP contribution in [0.4, 0.5) is 5.82 Å². The molecule has 0 amide bonds. The first-order chi connectivity index (χ1) is 10.6. The van der Waals surface area contributed by atoms with E-state index in [1.165, 1.54) is 0 Å². The van der Waals surface area contributed by atoms with Crippen LogP contribution in [0.15, 0.2) is 30.5 Å². The Kier molecular flexibility index (Phi) is 4.24. The van der Waals surface area contributed by atoms with Gasteiger partial charge in [-0.15, -0.1) is 0 Å². The highest BCUT2D eigenvalue weighted by atomic mass is 16.1. The Balaban J connectivity index is 1.97. The van der Waals surface area contributed by atoms with Crippen molar-refractivity contribution in [1.82, 2.24) is 14.3 Å². The minimum Gasteiger partial charge on any atom is -0.353 e. The van der Waals surface area contributed by atoms with Crippen LogP contribution in [0.1, 0.15) is 19.0 Å². The lowest BCUT2D eigenvalue weighted by molar-refractivity contribution is -0.116. The average molecular weight is 298 g/mol. The third kappa shape index (κ3) is 3.04. The van der Waals surface area contributed by atoms with Crippen LogP contribution in [0, 0.1) is 0 Å². The largest absolute Gasteiger partial charge is 0.353 e. The summed E-state index contributed by atoms with van der Waals surface area (Å²) in [5, 5.41) is 0. The summed E-state index contributed by atoms with van der Waals surface area (Å²) < 4.78 is 2.14. The van der Waals surface area contributed by atoms with E-state index in [0.717, 1.165) is 43.3 Å². The number of allylic oxidation sites excluding steroid dienone is 1. The summed E-state index contributed by atoms with van der Waals surface area (Å²) in [6, 6.07) is 6.04. The number of likely N-dealkylation sites (N-methyl/N-ethyl adjacent to an activating group) is 1. The van der Waals surface area contributed by atoms with Crippen molar-refractivity contribution in [3.05, 3.63) is 36.2 Å². The summed E-state index contributed by atoms with van der Waals surface area (Å²) in [5.41, 5.74) is 1.89. The van der Waals surface area contributed by atoms with Crippen molar-refractivity contribution in [2.75, 3.05) is 38.1 Å². The molecule has 1 aliphatic heterocycles. The molecule has 0 saturated carbocycles. The topological polar surface area (TPSA) is 40.9 Å². The summed E-state index contributed by atoms with van der Waals surface area (Å²) in [6.07, 6.45) is 6.39. The Labute approximate surface area is 130 Å². The number of hydrogen-bond acceptors (Lipinski definition) is 4. The highest BCUT2D eigenvalue weighted by molar-refractivity contribution is 5.78. The summed E-state index contributed by atoms with van der Waals surface area (Å²) in [6.45, 7) is 5.70. The van der Waals surface area contributed by atoms with E-state index < -0.39 is 0 Å². The van der Waals surface area contributed by atoms with Crippen LogP contribution in [0.3, 0.4) is 0 Å². The van der Waals surface area contributed by atoms with E-state index in [9.17, 15) is 4.79 Å². The molecule has 5 heteroatoms. The summed E-state index contributed by atoms with van der Waals surface area (Å²) in [5.74, 6) is 1.30. The number of pyridine rings is 1. The van der Waals surface area contributed by atoms with Gasteiger partial charge in [-0.1, -0.05) is 12.1 Å². The average Bonchev–Trinajstić information content (AvgIpc) is 2.86. The van der Waals surface area contributed by atoms with Gasteiger partial charge in [-0.05, 0) is 32.2 Å². The van der Waals surface area contributed by atoms with Gasteiger partial charge >= 0.3 is 0 Å². The molecule has 0 atom stereocenters. The Morgan fingerprint density at radius 3 is 2.77 bits per heavy atom.